The van der Waals surface area contributed by atoms with Gasteiger partial charge in [0.2, 0.25) is 0 Å². The van der Waals surface area contributed by atoms with Crippen LogP contribution < -0.4 is 0 Å². The fraction of sp³-hybridized carbons (Fsp3) is 0.357. The third-order valence-corrected chi connectivity index (χ3v) is 3.30. The Kier molecular flexibility index (Phi) is 3.03. The van der Waals surface area contributed by atoms with Gasteiger partial charge in [-0.3, -0.25) is 9.78 Å². The lowest BCUT2D eigenvalue weighted by molar-refractivity contribution is 0.0728. The van der Waals surface area contributed by atoms with Crippen LogP contribution in [0.5, 0.6) is 0 Å². The lowest BCUT2D eigenvalue weighted by atomic mass is 10.2. The van der Waals surface area contributed by atoms with E-state index in [-0.39, 0.29) is 5.91 Å². The van der Waals surface area contributed by atoms with Crippen molar-refractivity contribution in [3.63, 3.8) is 0 Å². The van der Waals surface area contributed by atoms with E-state index in [4.69, 9.17) is 4.52 Å². The molecule has 0 aliphatic heterocycles. The summed E-state index contributed by atoms with van der Waals surface area (Å²) in [5.74, 6) is -0.00916. The molecule has 0 N–H and O–H groups in total. The molecule has 0 radical (unpaired) electrons. The van der Waals surface area contributed by atoms with Crippen molar-refractivity contribution in [2.45, 2.75) is 32.4 Å². The lowest BCUT2D eigenvalue weighted by Crippen LogP contribution is -2.32. The first-order chi connectivity index (χ1) is 9.25. The number of nitrogens with zero attached hydrogens (tertiary/aromatic N) is 3. The van der Waals surface area contributed by atoms with Crippen molar-refractivity contribution in [2.75, 3.05) is 0 Å². The molecule has 0 spiro atoms. The Labute approximate surface area is 111 Å². The first-order valence-electron chi connectivity index (χ1n) is 6.36. The smallest absolute Gasteiger partial charge is 0.259 e. The summed E-state index contributed by atoms with van der Waals surface area (Å²) in [6.45, 7) is 2.37. The number of aromatic nitrogens is 2. The number of rotatable bonds is 4. The Bertz CT molecular complexity index is 575. The van der Waals surface area contributed by atoms with Gasteiger partial charge >= 0.3 is 0 Å². The highest BCUT2D eigenvalue weighted by Gasteiger charge is 2.34. The number of carbonyl (C=O) groups excluding carboxylic acids is 1. The summed E-state index contributed by atoms with van der Waals surface area (Å²) >= 11 is 0. The zero-order valence-electron chi connectivity index (χ0n) is 10.7. The van der Waals surface area contributed by atoms with Gasteiger partial charge in [-0.25, -0.2) is 0 Å². The average Bonchev–Trinajstić information content (AvgIpc) is 3.18. The maximum atomic E-state index is 12.5. The molecule has 1 aliphatic carbocycles. The Morgan fingerprint density at radius 2 is 2.37 bits per heavy atom. The van der Waals surface area contributed by atoms with E-state index in [0.717, 1.165) is 18.4 Å². The summed E-state index contributed by atoms with van der Waals surface area (Å²) in [5.41, 5.74) is 2.23. The SMILES string of the molecule is Cc1nocc1C(=O)N(Cc1cccnc1)C1CC1. The van der Waals surface area contributed by atoms with Gasteiger partial charge in [-0.1, -0.05) is 11.2 Å². The third kappa shape index (κ3) is 2.50. The van der Waals surface area contributed by atoms with Crippen LogP contribution in [0, 0.1) is 6.92 Å². The molecule has 1 amide bonds. The van der Waals surface area contributed by atoms with Crippen molar-refractivity contribution in [1.82, 2.24) is 15.0 Å². The fourth-order valence-electron chi connectivity index (χ4n) is 2.09. The van der Waals surface area contributed by atoms with Gasteiger partial charge in [-0.05, 0) is 31.4 Å². The van der Waals surface area contributed by atoms with Crippen molar-refractivity contribution >= 4 is 5.91 Å². The largest absolute Gasteiger partial charge is 0.364 e. The predicted molar refractivity (Wildman–Crippen MR) is 68.4 cm³/mol. The number of amides is 1. The van der Waals surface area contributed by atoms with Crippen LogP contribution in [-0.2, 0) is 6.54 Å². The minimum absolute atomic E-state index is 0.00916. The molecule has 0 aromatic carbocycles. The van der Waals surface area contributed by atoms with Gasteiger partial charge in [0.15, 0.2) is 0 Å². The second-order valence-corrected chi connectivity index (χ2v) is 4.84. The minimum atomic E-state index is -0.00916. The molecule has 2 heterocycles. The van der Waals surface area contributed by atoms with Crippen LogP contribution in [0.4, 0.5) is 0 Å². The normalized spacial score (nSPS) is 14.4. The summed E-state index contributed by atoms with van der Waals surface area (Å²) in [6.07, 6.45) is 7.09. The lowest BCUT2D eigenvalue weighted by Gasteiger charge is -2.21. The van der Waals surface area contributed by atoms with E-state index < -0.39 is 0 Å². The van der Waals surface area contributed by atoms with Gasteiger partial charge in [0.25, 0.3) is 5.91 Å². The van der Waals surface area contributed by atoms with E-state index in [1.807, 2.05) is 17.0 Å². The van der Waals surface area contributed by atoms with Crippen LogP contribution in [-0.4, -0.2) is 27.0 Å². The number of carbonyl (C=O) groups is 1. The van der Waals surface area contributed by atoms with Gasteiger partial charge in [-0.15, -0.1) is 0 Å². The Balaban J connectivity index is 1.82. The molecule has 1 aliphatic rings. The highest BCUT2D eigenvalue weighted by molar-refractivity contribution is 5.95. The topological polar surface area (TPSA) is 59.2 Å². The van der Waals surface area contributed by atoms with Gasteiger partial charge in [-0.2, -0.15) is 0 Å². The second-order valence-electron chi connectivity index (χ2n) is 4.84. The quantitative estimate of drug-likeness (QED) is 0.842. The van der Waals surface area contributed by atoms with E-state index in [0.29, 0.717) is 23.8 Å². The van der Waals surface area contributed by atoms with Gasteiger partial charge in [0.05, 0.1) is 5.69 Å². The molecule has 5 nitrogen and oxygen atoms in total. The highest BCUT2D eigenvalue weighted by atomic mass is 16.5. The monoisotopic (exact) mass is 257 g/mol. The van der Waals surface area contributed by atoms with Crippen LogP contribution in [0.3, 0.4) is 0 Å². The van der Waals surface area contributed by atoms with E-state index in [9.17, 15) is 4.79 Å². The zero-order chi connectivity index (χ0) is 13.2. The molecule has 5 heteroatoms. The Morgan fingerprint density at radius 3 is 2.95 bits per heavy atom. The molecule has 19 heavy (non-hydrogen) atoms. The first kappa shape index (κ1) is 11.9. The molecule has 0 saturated heterocycles. The average molecular weight is 257 g/mol. The molecule has 98 valence electrons. The number of hydrogen-bond acceptors (Lipinski definition) is 4. The number of hydrogen-bond donors (Lipinski definition) is 0. The van der Waals surface area contributed by atoms with Crippen LogP contribution in [0.2, 0.25) is 0 Å². The van der Waals surface area contributed by atoms with Crippen molar-refractivity contribution in [3.05, 3.63) is 47.6 Å². The maximum absolute atomic E-state index is 12.5. The molecule has 3 rings (SSSR count). The number of pyridine rings is 1. The van der Waals surface area contributed by atoms with E-state index in [2.05, 4.69) is 10.1 Å². The van der Waals surface area contributed by atoms with Crippen molar-refractivity contribution in [3.8, 4) is 0 Å². The number of aryl methyl sites for hydroxylation is 1. The predicted octanol–water partition coefficient (Wildman–Crippen LogP) is 2.18. The molecular formula is C14H15N3O2. The van der Waals surface area contributed by atoms with Crippen LogP contribution >= 0.6 is 0 Å². The van der Waals surface area contributed by atoms with Crippen LogP contribution in [0.1, 0.15) is 34.5 Å². The summed E-state index contributed by atoms with van der Waals surface area (Å²) in [6, 6.07) is 4.20. The molecule has 2 aromatic rings. The van der Waals surface area contributed by atoms with Crippen molar-refractivity contribution < 1.29 is 9.32 Å². The molecule has 2 aromatic heterocycles. The summed E-state index contributed by atoms with van der Waals surface area (Å²) in [7, 11) is 0. The summed E-state index contributed by atoms with van der Waals surface area (Å²) in [4.78, 5) is 18.5. The zero-order valence-corrected chi connectivity index (χ0v) is 10.7. The standard InChI is InChI=1S/C14H15N3O2/c1-10-13(9-19-16-10)14(18)17(12-4-5-12)8-11-3-2-6-15-7-11/h2-3,6-7,9,12H,4-5,8H2,1H3. The van der Waals surface area contributed by atoms with Crippen molar-refractivity contribution in [2.24, 2.45) is 0 Å². The van der Waals surface area contributed by atoms with E-state index in [1.54, 1.807) is 19.3 Å². The fourth-order valence-corrected chi connectivity index (χ4v) is 2.09. The molecule has 0 unspecified atom stereocenters. The van der Waals surface area contributed by atoms with Gasteiger partial charge < -0.3 is 9.42 Å². The maximum Gasteiger partial charge on any atom is 0.259 e. The third-order valence-electron chi connectivity index (χ3n) is 3.30. The molecule has 0 atom stereocenters. The van der Waals surface area contributed by atoms with Gasteiger partial charge in [0.1, 0.15) is 11.8 Å². The summed E-state index contributed by atoms with van der Waals surface area (Å²) < 4.78 is 4.86. The first-order valence-corrected chi connectivity index (χ1v) is 6.36. The van der Waals surface area contributed by atoms with Crippen molar-refractivity contribution in [1.29, 1.82) is 0 Å². The Morgan fingerprint density at radius 1 is 1.53 bits per heavy atom. The van der Waals surface area contributed by atoms with E-state index >= 15 is 0 Å². The molecule has 1 saturated carbocycles. The minimum Gasteiger partial charge on any atom is -0.364 e. The molecular weight excluding hydrogens is 242 g/mol. The van der Waals surface area contributed by atoms with Crippen LogP contribution in [0.15, 0.2) is 35.3 Å². The second kappa shape index (κ2) is 4.84. The van der Waals surface area contributed by atoms with E-state index in [1.165, 1.54) is 6.26 Å². The van der Waals surface area contributed by atoms with Crippen LogP contribution in [0.25, 0.3) is 0 Å². The van der Waals surface area contributed by atoms with Gasteiger partial charge in [0, 0.05) is 25.0 Å². The molecule has 1 fully saturated rings. The summed E-state index contributed by atoms with van der Waals surface area (Å²) in [5, 5.41) is 3.77. The highest BCUT2D eigenvalue weighted by Crippen LogP contribution is 2.30. The molecule has 0 bridgehead atoms. The Hall–Kier alpha value is -2.17.